The highest BCUT2D eigenvalue weighted by Gasteiger charge is 1.98. The minimum absolute atomic E-state index is 0.497. The zero-order chi connectivity index (χ0) is 11.8. The third-order valence-electron chi connectivity index (χ3n) is 1.76. The molecule has 5 heteroatoms. The number of ether oxygens (including phenoxy) is 1. The average Bonchev–Trinajstić information content (AvgIpc) is 2.29. The summed E-state index contributed by atoms with van der Waals surface area (Å²) < 4.78 is 5.83. The van der Waals surface area contributed by atoms with Crippen LogP contribution in [-0.4, -0.2) is 10.9 Å². The van der Waals surface area contributed by atoms with E-state index < -0.39 is 0 Å². The summed E-state index contributed by atoms with van der Waals surface area (Å²) in [5.74, 6) is 1.62. The van der Waals surface area contributed by atoms with Gasteiger partial charge < -0.3 is 4.74 Å². The molecule has 1 aromatic carbocycles. The monoisotopic (exact) mass is 252 g/mol. The van der Waals surface area contributed by atoms with Crippen LogP contribution in [0.2, 0.25) is 0 Å². The van der Waals surface area contributed by atoms with Crippen LogP contribution < -0.4 is 10.1 Å². The Balaban J connectivity index is 2.43. The zero-order valence-corrected chi connectivity index (χ0v) is 10.5. The predicted molar refractivity (Wildman–Crippen MR) is 70.3 cm³/mol. The first-order valence-electron chi connectivity index (χ1n) is 4.80. The van der Waals surface area contributed by atoms with Crippen molar-refractivity contribution in [2.24, 2.45) is 0 Å². The van der Waals surface area contributed by atoms with Gasteiger partial charge in [-0.3, -0.25) is 5.32 Å². The topological polar surface area (TPSA) is 45.0 Å². The van der Waals surface area contributed by atoms with Crippen molar-refractivity contribution in [3.63, 3.8) is 0 Å². The summed E-state index contributed by atoms with van der Waals surface area (Å²) in [5.41, 5.74) is 1.15. The van der Waals surface area contributed by atoms with Crippen molar-refractivity contribution < 1.29 is 4.74 Å². The SMILES string of the molecule is CCOc1ccc(CSC(=S)NC#N)cc1. The molecule has 0 aliphatic carbocycles. The first-order chi connectivity index (χ1) is 7.76. The summed E-state index contributed by atoms with van der Waals surface area (Å²) in [6.07, 6.45) is 1.80. The van der Waals surface area contributed by atoms with Crippen molar-refractivity contribution in [1.82, 2.24) is 5.32 Å². The van der Waals surface area contributed by atoms with Gasteiger partial charge in [0.15, 0.2) is 6.19 Å². The van der Waals surface area contributed by atoms with Gasteiger partial charge in [-0.05, 0) is 24.6 Å². The van der Waals surface area contributed by atoms with Gasteiger partial charge >= 0.3 is 0 Å². The van der Waals surface area contributed by atoms with Gasteiger partial charge in [-0.15, -0.1) is 0 Å². The Kier molecular flexibility index (Phi) is 5.68. The number of benzene rings is 1. The molecule has 0 spiro atoms. The van der Waals surface area contributed by atoms with E-state index >= 15 is 0 Å². The van der Waals surface area contributed by atoms with E-state index in [1.165, 1.54) is 11.8 Å². The van der Waals surface area contributed by atoms with E-state index in [1.807, 2.05) is 31.2 Å². The lowest BCUT2D eigenvalue weighted by Gasteiger charge is -2.04. The molecule has 1 N–H and O–H groups in total. The fraction of sp³-hybridized carbons (Fsp3) is 0.273. The number of nitrogens with zero attached hydrogens (tertiary/aromatic N) is 1. The van der Waals surface area contributed by atoms with Gasteiger partial charge in [-0.25, -0.2) is 0 Å². The minimum atomic E-state index is 0.497. The van der Waals surface area contributed by atoms with Gasteiger partial charge in [-0.2, -0.15) is 5.26 Å². The lowest BCUT2D eigenvalue weighted by atomic mass is 10.2. The molecule has 0 saturated carbocycles. The lowest BCUT2D eigenvalue weighted by molar-refractivity contribution is 0.340. The molecule has 0 heterocycles. The van der Waals surface area contributed by atoms with Gasteiger partial charge in [0.1, 0.15) is 10.1 Å². The highest BCUT2D eigenvalue weighted by atomic mass is 32.2. The van der Waals surface area contributed by atoms with Crippen LogP contribution in [0.5, 0.6) is 5.75 Å². The van der Waals surface area contributed by atoms with Crippen LogP contribution in [0.3, 0.4) is 0 Å². The third-order valence-corrected chi connectivity index (χ3v) is 3.06. The Morgan fingerprint density at radius 1 is 1.50 bits per heavy atom. The van der Waals surface area contributed by atoms with Crippen molar-refractivity contribution in [1.29, 1.82) is 5.26 Å². The van der Waals surface area contributed by atoms with Crippen LogP contribution in [0.4, 0.5) is 0 Å². The number of thioether (sulfide) groups is 1. The molecule has 0 unspecified atom stereocenters. The molecular formula is C11H12N2OS2. The van der Waals surface area contributed by atoms with E-state index in [9.17, 15) is 0 Å². The predicted octanol–water partition coefficient (Wildman–Crippen LogP) is 2.67. The van der Waals surface area contributed by atoms with E-state index in [2.05, 4.69) is 5.32 Å². The van der Waals surface area contributed by atoms with Gasteiger partial charge in [0, 0.05) is 5.75 Å². The molecule has 0 aliphatic heterocycles. The molecule has 3 nitrogen and oxygen atoms in total. The second-order valence-corrected chi connectivity index (χ2v) is 4.54. The van der Waals surface area contributed by atoms with Crippen LogP contribution in [0.15, 0.2) is 24.3 Å². The fourth-order valence-corrected chi connectivity index (χ4v) is 1.91. The number of nitrogens with one attached hydrogen (secondary N) is 1. The van der Waals surface area contributed by atoms with E-state index in [4.69, 9.17) is 22.2 Å². The van der Waals surface area contributed by atoms with Crippen molar-refractivity contribution in [2.45, 2.75) is 12.7 Å². The Morgan fingerprint density at radius 3 is 2.75 bits per heavy atom. The zero-order valence-electron chi connectivity index (χ0n) is 8.90. The van der Waals surface area contributed by atoms with E-state index in [-0.39, 0.29) is 0 Å². The first-order valence-corrected chi connectivity index (χ1v) is 6.19. The normalized spacial score (nSPS) is 9.25. The maximum absolute atomic E-state index is 8.35. The van der Waals surface area contributed by atoms with Gasteiger partial charge in [0.05, 0.1) is 6.61 Å². The molecular weight excluding hydrogens is 240 g/mol. The number of nitriles is 1. The second kappa shape index (κ2) is 7.09. The Morgan fingerprint density at radius 2 is 2.19 bits per heavy atom. The van der Waals surface area contributed by atoms with Crippen LogP contribution in [0.25, 0.3) is 0 Å². The molecule has 1 rings (SSSR count). The molecule has 0 saturated heterocycles. The molecule has 16 heavy (non-hydrogen) atoms. The second-order valence-electron chi connectivity index (χ2n) is 2.89. The molecule has 0 atom stereocenters. The highest BCUT2D eigenvalue weighted by Crippen LogP contribution is 2.17. The standard InChI is InChI=1S/C11H12N2OS2/c1-2-14-10-5-3-9(4-6-10)7-16-11(15)13-8-12/h3-6H,2,7H2,1H3,(H,13,15). The van der Waals surface area contributed by atoms with Gasteiger partial charge in [-0.1, -0.05) is 36.1 Å². The summed E-state index contributed by atoms with van der Waals surface area (Å²) in [5, 5.41) is 10.8. The molecule has 0 aromatic heterocycles. The summed E-state index contributed by atoms with van der Waals surface area (Å²) in [6.45, 7) is 2.63. The smallest absolute Gasteiger partial charge is 0.182 e. The largest absolute Gasteiger partial charge is 0.494 e. The number of rotatable bonds is 4. The van der Waals surface area contributed by atoms with Crippen LogP contribution in [0, 0.1) is 11.5 Å². The summed E-state index contributed by atoms with van der Waals surface area (Å²) in [7, 11) is 0. The van der Waals surface area contributed by atoms with Crippen LogP contribution >= 0.6 is 24.0 Å². The van der Waals surface area contributed by atoms with E-state index in [1.54, 1.807) is 6.19 Å². The van der Waals surface area contributed by atoms with Crippen molar-refractivity contribution in [3.8, 4) is 11.9 Å². The Labute approximate surface area is 105 Å². The molecule has 1 aromatic rings. The van der Waals surface area contributed by atoms with Crippen LogP contribution in [-0.2, 0) is 5.75 Å². The quantitative estimate of drug-likeness (QED) is 0.507. The molecule has 0 fully saturated rings. The van der Waals surface area contributed by atoms with E-state index in [0.29, 0.717) is 10.9 Å². The fourth-order valence-electron chi connectivity index (χ4n) is 1.08. The Hall–Kier alpha value is -1.25. The third kappa shape index (κ3) is 4.51. The molecule has 84 valence electrons. The average molecular weight is 252 g/mol. The number of hydrogen-bond donors (Lipinski definition) is 1. The number of thiocarbonyl (C=S) groups is 1. The first kappa shape index (κ1) is 12.8. The summed E-state index contributed by atoms with van der Waals surface area (Å²) in [4.78, 5) is 0. The molecule has 0 amide bonds. The van der Waals surface area contributed by atoms with E-state index in [0.717, 1.165) is 17.1 Å². The molecule has 0 aliphatic rings. The van der Waals surface area contributed by atoms with Gasteiger partial charge in [0.25, 0.3) is 0 Å². The summed E-state index contributed by atoms with van der Waals surface area (Å²) >= 11 is 6.35. The van der Waals surface area contributed by atoms with Crippen molar-refractivity contribution in [3.05, 3.63) is 29.8 Å². The molecule has 0 bridgehead atoms. The summed E-state index contributed by atoms with van der Waals surface area (Å²) in [6, 6.07) is 7.85. The van der Waals surface area contributed by atoms with Crippen molar-refractivity contribution >= 4 is 28.3 Å². The van der Waals surface area contributed by atoms with Gasteiger partial charge in [0.2, 0.25) is 0 Å². The lowest BCUT2D eigenvalue weighted by Crippen LogP contribution is -2.10. The van der Waals surface area contributed by atoms with Crippen LogP contribution in [0.1, 0.15) is 12.5 Å². The van der Waals surface area contributed by atoms with Crippen molar-refractivity contribution in [2.75, 3.05) is 6.61 Å². The maximum Gasteiger partial charge on any atom is 0.182 e. The molecule has 0 radical (unpaired) electrons. The highest BCUT2D eigenvalue weighted by molar-refractivity contribution is 8.22. The maximum atomic E-state index is 8.35. The number of hydrogen-bond acceptors (Lipinski definition) is 4. The Bertz CT molecular complexity index is 384. The minimum Gasteiger partial charge on any atom is -0.494 e.